The van der Waals surface area contributed by atoms with Crippen LogP contribution in [0.2, 0.25) is 5.15 Å². The zero-order valence-electron chi connectivity index (χ0n) is 8.01. The Kier molecular flexibility index (Phi) is 3.36. The first-order chi connectivity index (χ1) is 7.65. The predicted octanol–water partition coefficient (Wildman–Crippen LogP) is 3.69. The lowest BCUT2D eigenvalue weighted by Gasteiger charge is -2.03. The van der Waals surface area contributed by atoms with Crippen LogP contribution in [0.25, 0.3) is 0 Å². The molecule has 0 aliphatic rings. The van der Waals surface area contributed by atoms with E-state index in [0.717, 1.165) is 12.1 Å². The van der Waals surface area contributed by atoms with Gasteiger partial charge in [-0.1, -0.05) is 17.7 Å². The first kappa shape index (κ1) is 11.3. The molecule has 0 saturated carbocycles. The highest BCUT2D eigenvalue weighted by Gasteiger charge is 2.03. The maximum Gasteiger partial charge on any atom is 0.184 e. The summed E-state index contributed by atoms with van der Waals surface area (Å²) in [7, 11) is 0. The van der Waals surface area contributed by atoms with Crippen molar-refractivity contribution in [2.45, 2.75) is 6.54 Å². The van der Waals surface area contributed by atoms with E-state index in [4.69, 9.17) is 11.6 Å². The van der Waals surface area contributed by atoms with Gasteiger partial charge >= 0.3 is 0 Å². The number of nitrogens with one attached hydrogen (secondary N) is 1. The molecule has 84 valence electrons. The minimum Gasteiger partial charge on any atom is -0.357 e. The highest BCUT2D eigenvalue weighted by molar-refractivity contribution is 7.14. The fourth-order valence-electron chi connectivity index (χ4n) is 1.16. The zero-order valence-corrected chi connectivity index (χ0v) is 9.58. The molecule has 1 N–H and O–H groups in total. The third-order valence-electron chi connectivity index (χ3n) is 1.90. The number of anilines is 1. The third kappa shape index (κ3) is 2.68. The molecule has 0 unspecified atom stereocenters. The van der Waals surface area contributed by atoms with E-state index in [2.05, 4.69) is 10.3 Å². The first-order valence-electron chi connectivity index (χ1n) is 4.44. The van der Waals surface area contributed by atoms with Gasteiger partial charge in [0.15, 0.2) is 16.8 Å². The van der Waals surface area contributed by atoms with E-state index in [1.165, 1.54) is 17.4 Å². The molecule has 0 atom stereocenters. The van der Waals surface area contributed by atoms with Crippen molar-refractivity contribution < 1.29 is 8.78 Å². The van der Waals surface area contributed by atoms with Crippen LogP contribution in [0.3, 0.4) is 0 Å². The summed E-state index contributed by atoms with van der Waals surface area (Å²) in [6.45, 7) is 0.376. The number of hydrogen-bond acceptors (Lipinski definition) is 3. The summed E-state index contributed by atoms with van der Waals surface area (Å²) in [5, 5.41) is 5.71. The van der Waals surface area contributed by atoms with Crippen molar-refractivity contribution in [1.82, 2.24) is 4.98 Å². The molecule has 0 saturated heterocycles. The average molecular weight is 261 g/mol. The van der Waals surface area contributed by atoms with Gasteiger partial charge in [0.2, 0.25) is 0 Å². The third-order valence-corrected chi connectivity index (χ3v) is 3.03. The number of aromatic nitrogens is 1. The smallest absolute Gasteiger partial charge is 0.184 e. The summed E-state index contributed by atoms with van der Waals surface area (Å²) in [4.78, 5) is 3.97. The Morgan fingerprint density at radius 1 is 1.31 bits per heavy atom. The average Bonchev–Trinajstić information content (AvgIpc) is 2.66. The molecule has 0 fully saturated rings. The van der Waals surface area contributed by atoms with Crippen molar-refractivity contribution in [2.24, 2.45) is 0 Å². The van der Waals surface area contributed by atoms with Crippen LogP contribution in [0.15, 0.2) is 23.6 Å². The van der Waals surface area contributed by atoms with Crippen molar-refractivity contribution >= 4 is 28.1 Å². The van der Waals surface area contributed by atoms with Crippen molar-refractivity contribution in [2.75, 3.05) is 5.32 Å². The Bertz CT molecular complexity index is 501. The summed E-state index contributed by atoms with van der Waals surface area (Å²) in [5.74, 6) is -1.70. The maximum atomic E-state index is 12.9. The molecule has 6 heteroatoms. The Labute approximate surface area is 99.9 Å². The van der Waals surface area contributed by atoms with E-state index in [1.54, 1.807) is 5.38 Å². The number of nitrogens with zero attached hydrogens (tertiary/aromatic N) is 1. The van der Waals surface area contributed by atoms with Crippen LogP contribution in [0.4, 0.5) is 13.9 Å². The number of hydrogen-bond donors (Lipinski definition) is 1. The molecule has 0 radical (unpaired) electrons. The van der Waals surface area contributed by atoms with E-state index in [-0.39, 0.29) is 0 Å². The molecule has 0 amide bonds. The Balaban J connectivity index is 2.02. The van der Waals surface area contributed by atoms with Gasteiger partial charge in [0, 0.05) is 11.9 Å². The topological polar surface area (TPSA) is 24.9 Å². The molecule has 0 bridgehead atoms. The van der Waals surface area contributed by atoms with Gasteiger partial charge < -0.3 is 5.32 Å². The molecule has 2 rings (SSSR count). The van der Waals surface area contributed by atoms with Crippen LogP contribution < -0.4 is 5.32 Å². The van der Waals surface area contributed by atoms with Gasteiger partial charge in [-0.25, -0.2) is 13.8 Å². The van der Waals surface area contributed by atoms with Crippen LogP contribution >= 0.6 is 22.9 Å². The normalized spacial score (nSPS) is 10.4. The molecule has 0 aliphatic heterocycles. The minimum absolute atomic E-state index is 0.376. The lowest BCUT2D eigenvalue weighted by atomic mass is 10.2. The van der Waals surface area contributed by atoms with Crippen LogP contribution in [-0.4, -0.2) is 4.98 Å². The fourth-order valence-corrected chi connectivity index (χ4v) is 2.00. The summed E-state index contributed by atoms with van der Waals surface area (Å²) in [5.41, 5.74) is 0.644. The number of thiazole rings is 1. The van der Waals surface area contributed by atoms with E-state index in [1.807, 2.05) is 0 Å². The van der Waals surface area contributed by atoms with E-state index < -0.39 is 11.6 Å². The first-order valence-corrected chi connectivity index (χ1v) is 5.70. The summed E-state index contributed by atoms with van der Waals surface area (Å²) >= 11 is 6.99. The van der Waals surface area contributed by atoms with Crippen molar-refractivity contribution in [1.29, 1.82) is 0 Å². The number of rotatable bonds is 3. The van der Waals surface area contributed by atoms with Gasteiger partial charge in [0.05, 0.1) is 0 Å². The van der Waals surface area contributed by atoms with Gasteiger partial charge in [-0.05, 0) is 17.7 Å². The van der Waals surface area contributed by atoms with Crippen LogP contribution in [0.1, 0.15) is 5.56 Å². The lowest BCUT2D eigenvalue weighted by molar-refractivity contribution is 0.507. The second-order valence-electron chi connectivity index (χ2n) is 3.08. The largest absolute Gasteiger partial charge is 0.357 e. The number of benzene rings is 1. The van der Waals surface area contributed by atoms with Gasteiger partial charge in [-0.15, -0.1) is 11.3 Å². The highest BCUT2D eigenvalue weighted by atomic mass is 35.5. The Morgan fingerprint density at radius 2 is 2.12 bits per heavy atom. The molecular formula is C10H7ClF2N2S. The standard InChI is InChI=1S/C10H7ClF2N2S/c11-9-5-16-10(15-9)14-4-6-1-2-7(12)8(13)3-6/h1-3,5H,4H2,(H,14,15). The Hall–Kier alpha value is -1.20. The van der Waals surface area contributed by atoms with E-state index in [9.17, 15) is 8.78 Å². The summed E-state index contributed by atoms with van der Waals surface area (Å²) in [6, 6.07) is 3.76. The second kappa shape index (κ2) is 4.76. The molecule has 0 aliphatic carbocycles. The highest BCUT2D eigenvalue weighted by Crippen LogP contribution is 2.19. The summed E-state index contributed by atoms with van der Waals surface area (Å²) in [6.07, 6.45) is 0. The van der Waals surface area contributed by atoms with Crippen LogP contribution in [0.5, 0.6) is 0 Å². The van der Waals surface area contributed by atoms with Gasteiger partial charge in [-0.3, -0.25) is 0 Å². The van der Waals surface area contributed by atoms with Gasteiger partial charge in [0.25, 0.3) is 0 Å². The fraction of sp³-hybridized carbons (Fsp3) is 0.100. The van der Waals surface area contributed by atoms with Crippen LogP contribution in [-0.2, 0) is 6.54 Å². The van der Waals surface area contributed by atoms with Crippen LogP contribution in [0, 0.1) is 11.6 Å². The van der Waals surface area contributed by atoms with Gasteiger partial charge in [0.1, 0.15) is 5.15 Å². The second-order valence-corrected chi connectivity index (χ2v) is 4.32. The molecule has 1 aromatic carbocycles. The molecular weight excluding hydrogens is 254 g/mol. The molecule has 0 spiro atoms. The van der Waals surface area contributed by atoms with E-state index >= 15 is 0 Å². The molecule has 16 heavy (non-hydrogen) atoms. The monoisotopic (exact) mass is 260 g/mol. The molecule has 1 heterocycles. The number of halogens is 3. The summed E-state index contributed by atoms with van der Waals surface area (Å²) < 4.78 is 25.5. The van der Waals surface area contributed by atoms with Crippen molar-refractivity contribution in [3.05, 3.63) is 45.9 Å². The lowest BCUT2D eigenvalue weighted by Crippen LogP contribution is -1.99. The van der Waals surface area contributed by atoms with Gasteiger partial charge in [-0.2, -0.15) is 0 Å². The predicted molar refractivity (Wildman–Crippen MR) is 60.8 cm³/mol. The quantitative estimate of drug-likeness (QED) is 0.910. The molecule has 2 nitrogen and oxygen atoms in total. The van der Waals surface area contributed by atoms with E-state index in [0.29, 0.717) is 22.4 Å². The van der Waals surface area contributed by atoms with Crippen molar-refractivity contribution in [3.63, 3.8) is 0 Å². The maximum absolute atomic E-state index is 12.9. The van der Waals surface area contributed by atoms with Crippen molar-refractivity contribution in [3.8, 4) is 0 Å². The molecule has 2 aromatic rings. The zero-order chi connectivity index (χ0) is 11.5. The SMILES string of the molecule is Fc1ccc(CNc2nc(Cl)cs2)cc1F. The minimum atomic E-state index is -0.850. The Morgan fingerprint density at radius 3 is 2.75 bits per heavy atom. The molecule has 1 aromatic heterocycles.